The molecule has 0 heterocycles. The first kappa shape index (κ1) is 30.5. The number of aliphatic carboxylic acids is 2. The molecule has 0 saturated carbocycles. The van der Waals surface area contributed by atoms with E-state index in [2.05, 4.69) is 20.9 Å². The van der Waals surface area contributed by atoms with Crippen molar-refractivity contribution < 1.29 is 34.2 Å². The Kier molecular flexibility index (Phi) is 14.6. The summed E-state index contributed by atoms with van der Waals surface area (Å²) in [5, 5.41) is 25.3. The lowest BCUT2D eigenvalue weighted by Crippen LogP contribution is -2.56. The van der Waals surface area contributed by atoms with Crippen LogP contribution in [-0.4, -0.2) is 83.1 Å². The molecule has 0 aliphatic rings. The Morgan fingerprint density at radius 1 is 0.853 bits per heavy atom. The highest BCUT2D eigenvalue weighted by atomic mass is 16.4. The van der Waals surface area contributed by atoms with Crippen molar-refractivity contribution in [3.63, 3.8) is 0 Å². The molecule has 0 rings (SSSR count). The summed E-state index contributed by atoms with van der Waals surface area (Å²) in [7, 11) is 0. The first-order chi connectivity index (χ1) is 15.9. The predicted octanol–water partition coefficient (Wildman–Crippen LogP) is -3.47. The third-order valence-electron chi connectivity index (χ3n) is 4.62. The van der Waals surface area contributed by atoms with Crippen LogP contribution in [0, 0.1) is 0 Å². The molecule has 0 bridgehead atoms. The fourth-order valence-corrected chi connectivity index (χ4v) is 2.76. The van der Waals surface area contributed by atoms with Crippen molar-refractivity contribution in [3.8, 4) is 0 Å². The predicted molar refractivity (Wildman–Crippen MR) is 122 cm³/mol. The molecule has 0 fully saturated rings. The van der Waals surface area contributed by atoms with E-state index in [1.165, 1.54) is 6.92 Å². The quantitative estimate of drug-likeness (QED) is 0.0550. The van der Waals surface area contributed by atoms with Crippen molar-refractivity contribution in [2.75, 3.05) is 13.1 Å². The highest BCUT2D eigenvalue weighted by Gasteiger charge is 2.28. The van der Waals surface area contributed by atoms with Crippen molar-refractivity contribution in [1.82, 2.24) is 16.0 Å². The van der Waals surface area contributed by atoms with Gasteiger partial charge < -0.3 is 49.1 Å². The number of carbonyl (C=O) groups is 5. The number of hydrogen-bond donors (Lipinski definition) is 9. The zero-order valence-corrected chi connectivity index (χ0v) is 19.2. The molecule has 0 aromatic rings. The number of aliphatic imine (C=N–C) groups is 1. The second-order valence-electron chi connectivity index (χ2n) is 7.63. The number of carboxylic acid groups (broad SMARTS) is 2. The molecule has 0 aliphatic heterocycles. The molecule has 0 saturated heterocycles. The van der Waals surface area contributed by atoms with E-state index < -0.39 is 60.2 Å². The molecular formula is C19H36N8O7. The number of guanidine groups is 1. The van der Waals surface area contributed by atoms with Gasteiger partial charge in [0.1, 0.15) is 18.1 Å². The van der Waals surface area contributed by atoms with Crippen molar-refractivity contribution >= 4 is 35.6 Å². The first-order valence-electron chi connectivity index (χ1n) is 10.8. The number of rotatable bonds is 17. The van der Waals surface area contributed by atoms with Gasteiger partial charge in [-0.3, -0.25) is 24.2 Å². The molecule has 0 aliphatic carbocycles. The average molecular weight is 489 g/mol. The largest absolute Gasteiger partial charge is 0.481 e. The lowest BCUT2D eigenvalue weighted by molar-refractivity contribution is -0.142. The lowest BCUT2D eigenvalue weighted by atomic mass is 10.1. The summed E-state index contributed by atoms with van der Waals surface area (Å²) >= 11 is 0. The number of amides is 3. The number of carboxylic acids is 2. The van der Waals surface area contributed by atoms with Gasteiger partial charge in [0.25, 0.3) is 0 Å². The molecule has 13 N–H and O–H groups in total. The lowest BCUT2D eigenvalue weighted by Gasteiger charge is -2.23. The third kappa shape index (κ3) is 13.2. The number of nitrogens with two attached hydrogens (primary N) is 4. The number of carbonyl (C=O) groups excluding carboxylic acids is 3. The maximum absolute atomic E-state index is 12.7. The first-order valence-corrected chi connectivity index (χ1v) is 10.8. The van der Waals surface area contributed by atoms with Crippen LogP contribution in [0.15, 0.2) is 4.99 Å². The van der Waals surface area contributed by atoms with Gasteiger partial charge in [-0.05, 0) is 45.6 Å². The molecule has 194 valence electrons. The highest BCUT2D eigenvalue weighted by Crippen LogP contribution is 2.05. The van der Waals surface area contributed by atoms with Crippen LogP contribution < -0.4 is 38.9 Å². The van der Waals surface area contributed by atoms with E-state index in [1.807, 2.05) is 0 Å². The minimum atomic E-state index is -1.35. The summed E-state index contributed by atoms with van der Waals surface area (Å²) in [6.45, 7) is 1.87. The van der Waals surface area contributed by atoms with E-state index in [0.717, 1.165) is 0 Å². The zero-order valence-electron chi connectivity index (χ0n) is 19.2. The van der Waals surface area contributed by atoms with Gasteiger partial charge >= 0.3 is 11.9 Å². The fraction of sp³-hybridized carbons (Fsp3) is 0.684. The standard InChI is InChI=1S/C19H36N8O7/c1-10(25-16(31)11(21)9-14(28)29)15(30)26-12(5-2-3-7-20)17(32)27-13(18(33)34)6-4-8-24-19(22)23/h10-13H,2-9,20-21H2,1H3,(H,25,31)(H,26,30)(H,27,32)(H,28,29)(H,33,34)(H4,22,23,24). The van der Waals surface area contributed by atoms with Gasteiger partial charge in [-0.2, -0.15) is 0 Å². The van der Waals surface area contributed by atoms with Gasteiger partial charge in [0.05, 0.1) is 12.5 Å². The average Bonchev–Trinajstić information content (AvgIpc) is 2.73. The molecule has 0 radical (unpaired) electrons. The smallest absolute Gasteiger partial charge is 0.326 e. The second kappa shape index (κ2) is 16.2. The topological polar surface area (TPSA) is 278 Å². The van der Waals surface area contributed by atoms with E-state index >= 15 is 0 Å². The Morgan fingerprint density at radius 3 is 1.97 bits per heavy atom. The Morgan fingerprint density at radius 2 is 1.44 bits per heavy atom. The van der Waals surface area contributed by atoms with E-state index in [9.17, 15) is 29.1 Å². The van der Waals surface area contributed by atoms with E-state index in [0.29, 0.717) is 25.8 Å². The van der Waals surface area contributed by atoms with Crippen LogP contribution in [0.3, 0.4) is 0 Å². The molecule has 0 spiro atoms. The summed E-state index contributed by atoms with van der Waals surface area (Å²) in [5.74, 6) is -4.98. The van der Waals surface area contributed by atoms with Crippen LogP contribution in [0.1, 0.15) is 45.4 Å². The number of unbranched alkanes of at least 4 members (excludes halogenated alkanes) is 1. The van der Waals surface area contributed by atoms with Crippen molar-refractivity contribution in [3.05, 3.63) is 0 Å². The molecule has 0 aromatic heterocycles. The Bertz CT molecular complexity index is 742. The monoisotopic (exact) mass is 488 g/mol. The van der Waals surface area contributed by atoms with Gasteiger partial charge in [0.2, 0.25) is 17.7 Å². The van der Waals surface area contributed by atoms with Gasteiger partial charge in [-0.25, -0.2) is 4.79 Å². The fourth-order valence-electron chi connectivity index (χ4n) is 2.76. The maximum atomic E-state index is 12.7. The molecule has 4 atom stereocenters. The summed E-state index contributed by atoms with van der Waals surface area (Å²) in [6.07, 6.45) is 0.935. The molecule has 0 aromatic carbocycles. The molecule has 15 nitrogen and oxygen atoms in total. The Balaban J connectivity index is 5.13. The third-order valence-corrected chi connectivity index (χ3v) is 4.62. The van der Waals surface area contributed by atoms with Gasteiger partial charge in [-0.15, -0.1) is 0 Å². The molecule has 3 amide bonds. The van der Waals surface area contributed by atoms with E-state index in [4.69, 9.17) is 28.0 Å². The molecule has 4 unspecified atom stereocenters. The van der Waals surface area contributed by atoms with Crippen LogP contribution in [0.4, 0.5) is 0 Å². The summed E-state index contributed by atoms with van der Waals surface area (Å²) in [4.78, 5) is 63.2. The van der Waals surface area contributed by atoms with Crippen molar-refractivity contribution in [2.24, 2.45) is 27.9 Å². The van der Waals surface area contributed by atoms with Crippen LogP contribution in [0.5, 0.6) is 0 Å². The minimum Gasteiger partial charge on any atom is -0.481 e. The zero-order chi connectivity index (χ0) is 26.3. The van der Waals surface area contributed by atoms with Crippen LogP contribution in [0.25, 0.3) is 0 Å². The number of nitrogens with one attached hydrogen (secondary N) is 3. The highest BCUT2D eigenvalue weighted by molar-refractivity contribution is 5.94. The van der Waals surface area contributed by atoms with Crippen molar-refractivity contribution in [2.45, 2.75) is 69.6 Å². The summed E-state index contributed by atoms with van der Waals surface area (Å²) in [6, 6.07) is -4.81. The van der Waals surface area contributed by atoms with Crippen LogP contribution in [0.2, 0.25) is 0 Å². The van der Waals surface area contributed by atoms with Crippen LogP contribution >= 0.6 is 0 Å². The van der Waals surface area contributed by atoms with Crippen LogP contribution in [-0.2, 0) is 24.0 Å². The minimum absolute atomic E-state index is 0.0508. The Hall–Kier alpha value is -3.46. The maximum Gasteiger partial charge on any atom is 0.326 e. The summed E-state index contributed by atoms with van der Waals surface area (Å²) < 4.78 is 0. The SMILES string of the molecule is CC(NC(=O)C(N)CC(=O)O)C(=O)NC(CCCCN)C(=O)NC(CCCN=C(N)N)C(=O)O. The molecule has 34 heavy (non-hydrogen) atoms. The number of hydrogen-bond acceptors (Lipinski definition) is 8. The number of nitrogens with zero attached hydrogens (tertiary/aromatic N) is 1. The van der Waals surface area contributed by atoms with Gasteiger partial charge in [0, 0.05) is 6.54 Å². The summed E-state index contributed by atoms with van der Waals surface area (Å²) in [5.41, 5.74) is 21.4. The normalized spacial score (nSPS) is 14.1. The molecule has 15 heteroatoms. The van der Waals surface area contributed by atoms with Gasteiger partial charge in [0.15, 0.2) is 5.96 Å². The van der Waals surface area contributed by atoms with E-state index in [1.54, 1.807) is 0 Å². The second-order valence-corrected chi connectivity index (χ2v) is 7.63. The molecular weight excluding hydrogens is 452 g/mol. The van der Waals surface area contributed by atoms with E-state index in [-0.39, 0.29) is 25.3 Å². The Labute approximate surface area is 197 Å². The van der Waals surface area contributed by atoms with Crippen molar-refractivity contribution in [1.29, 1.82) is 0 Å². The van der Waals surface area contributed by atoms with Gasteiger partial charge in [-0.1, -0.05) is 0 Å².